The number of aliphatic hydroxyl groups is 1. The number of allylic oxidation sites excluding steroid dienone is 1. The molecule has 128 valence electrons. The van der Waals surface area contributed by atoms with Gasteiger partial charge in [0.25, 0.3) is 5.72 Å². The molecule has 1 unspecified atom stereocenters. The third kappa shape index (κ3) is 2.60. The van der Waals surface area contributed by atoms with Gasteiger partial charge in [0.1, 0.15) is 5.57 Å². The smallest absolute Gasteiger partial charge is 0.441 e. The van der Waals surface area contributed by atoms with Crippen LogP contribution >= 0.6 is 0 Å². The van der Waals surface area contributed by atoms with E-state index in [0.717, 1.165) is 0 Å². The molecule has 0 saturated carbocycles. The second kappa shape index (κ2) is 5.72. The number of rotatable bonds is 3. The summed E-state index contributed by atoms with van der Waals surface area (Å²) >= 11 is 0. The molecule has 11 heteroatoms. The summed E-state index contributed by atoms with van der Waals surface area (Å²) in [6, 6.07) is 0. The zero-order valence-corrected chi connectivity index (χ0v) is 12.0. The van der Waals surface area contributed by atoms with Crippen LogP contribution in [0.5, 0.6) is 0 Å². The highest BCUT2D eigenvalue weighted by Gasteiger charge is 2.66. The van der Waals surface area contributed by atoms with Crippen LogP contribution in [0.2, 0.25) is 0 Å². The van der Waals surface area contributed by atoms with E-state index in [-0.39, 0.29) is 26.1 Å². The maximum atomic E-state index is 13.5. The van der Waals surface area contributed by atoms with Crippen molar-refractivity contribution >= 4 is 5.97 Å². The number of nitrogens with zero attached hydrogens (tertiary/aromatic N) is 2. The molecule has 2 rings (SSSR count). The van der Waals surface area contributed by atoms with E-state index in [0.29, 0.717) is 11.0 Å². The first-order chi connectivity index (χ1) is 10.6. The van der Waals surface area contributed by atoms with Crippen LogP contribution in [-0.4, -0.2) is 52.5 Å². The van der Waals surface area contributed by atoms with Crippen LogP contribution in [-0.2, 0) is 9.53 Å². The van der Waals surface area contributed by atoms with Gasteiger partial charge in [-0.05, 0) is 13.3 Å². The molecule has 2 aliphatic heterocycles. The third-order valence-corrected chi connectivity index (χ3v) is 3.50. The topological polar surface area (TPSA) is 105 Å². The zero-order valence-electron chi connectivity index (χ0n) is 12.0. The fourth-order valence-electron chi connectivity index (χ4n) is 2.51. The van der Waals surface area contributed by atoms with Crippen LogP contribution in [0.1, 0.15) is 13.3 Å². The van der Waals surface area contributed by atoms with Gasteiger partial charge in [-0.1, -0.05) is 0 Å². The normalized spacial score (nSPS) is 24.6. The summed E-state index contributed by atoms with van der Waals surface area (Å²) in [4.78, 5) is 22.4. The Morgan fingerprint density at radius 3 is 2.78 bits per heavy atom. The minimum absolute atomic E-state index is 0.197. The highest BCUT2D eigenvalue weighted by Crippen LogP contribution is 2.45. The molecule has 0 spiro atoms. The van der Waals surface area contributed by atoms with E-state index in [1.807, 2.05) is 0 Å². The average molecular weight is 337 g/mol. The molecule has 2 N–H and O–H groups in total. The Morgan fingerprint density at radius 2 is 2.26 bits per heavy atom. The highest BCUT2D eigenvalue weighted by atomic mass is 19.4. The minimum Gasteiger partial charge on any atom is -0.462 e. The van der Waals surface area contributed by atoms with Crippen LogP contribution < -0.4 is 5.32 Å². The second-order valence-corrected chi connectivity index (χ2v) is 4.87. The highest BCUT2D eigenvalue weighted by molar-refractivity contribution is 5.92. The van der Waals surface area contributed by atoms with Crippen LogP contribution in [0, 0.1) is 10.1 Å². The van der Waals surface area contributed by atoms with Gasteiger partial charge < -0.3 is 20.1 Å². The Labute approximate surface area is 128 Å². The Bertz CT molecular complexity index is 601. The van der Waals surface area contributed by atoms with Crippen molar-refractivity contribution in [1.82, 2.24) is 10.2 Å². The number of ether oxygens (including phenoxy) is 1. The van der Waals surface area contributed by atoms with Gasteiger partial charge >= 0.3 is 17.8 Å². The van der Waals surface area contributed by atoms with E-state index in [2.05, 4.69) is 10.1 Å². The van der Waals surface area contributed by atoms with Crippen molar-refractivity contribution in [3.63, 3.8) is 0 Å². The second-order valence-electron chi connectivity index (χ2n) is 4.87. The molecular formula is C12H14F3N3O5. The van der Waals surface area contributed by atoms with Gasteiger partial charge in [0, 0.05) is 19.2 Å². The van der Waals surface area contributed by atoms with E-state index in [4.69, 9.17) is 0 Å². The van der Waals surface area contributed by atoms with Gasteiger partial charge in [-0.3, -0.25) is 10.1 Å². The Kier molecular flexibility index (Phi) is 4.24. The van der Waals surface area contributed by atoms with Crippen molar-refractivity contribution < 1.29 is 32.7 Å². The molecule has 2 heterocycles. The lowest BCUT2D eigenvalue weighted by Gasteiger charge is -2.46. The largest absolute Gasteiger partial charge is 0.462 e. The molecule has 1 saturated heterocycles. The quantitative estimate of drug-likeness (QED) is 0.438. The number of nitro groups is 1. The van der Waals surface area contributed by atoms with Gasteiger partial charge in [-0.25, -0.2) is 4.79 Å². The number of carbonyl (C=O) groups excluding carboxylic acids is 1. The molecular weight excluding hydrogens is 323 g/mol. The average Bonchev–Trinajstić information content (AvgIpc) is 2.46. The van der Waals surface area contributed by atoms with Crippen LogP contribution in [0.15, 0.2) is 23.2 Å². The number of hydrogen-bond donors (Lipinski definition) is 2. The monoisotopic (exact) mass is 337 g/mol. The first-order valence-corrected chi connectivity index (χ1v) is 6.73. The molecule has 0 aromatic carbocycles. The summed E-state index contributed by atoms with van der Waals surface area (Å²) in [5.74, 6) is -1.94. The Hall–Kier alpha value is -2.30. The fraction of sp³-hybridized carbons (Fsp3) is 0.583. The van der Waals surface area contributed by atoms with Gasteiger partial charge in [0.05, 0.1) is 11.5 Å². The van der Waals surface area contributed by atoms with E-state index >= 15 is 0 Å². The molecule has 23 heavy (non-hydrogen) atoms. The molecule has 1 fully saturated rings. The number of alkyl halides is 3. The lowest BCUT2D eigenvalue weighted by Crippen LogP contribution is -2.65. The fourth-order valence-corrected chi connectivity index (χ4v) is 2.51. The molecule has 0 amide bonds. The number of nitrogens with one attached hydrogen (secondary N) is 1. The first-order valence-electron chi connectivity index (χ1n) is 6.73. The first kappa shape index (κ1) is 17.1. The van der Waals surface area contributed by atoms with Crippen molar-refractivity contribution in [2.75, 3.05) is 19.7 Å². The summed E-state index contributed by atoms with van der Waals surface area (Å²) in [6.45, 7) is 1.02. The van der Waals surface area contributed by atoms with E-state index in [9.17, 15) is 33.2 Å². The standard InChI is InChI=1S/C12H14F3N3O5/c1-2-23-10(19)7-6-8(18(21)22)9-16-4-3-5-17(9)11(7,20)12(13,14)15/h6,16,20H,2-5H2,1H3. The molecule has 1 atom stereocenters. The number of esters is 1. The van der Waals surface area contributed by atoms with Crippen LogP contribution in [0.3, 0.4) is 0 Å². The predicted octanol–water partition coefficient (Wildman–Crippen LogP) is 0.482. The van der Waals surface area contributed by atoms with Gasteiger partial charge in [0.2, 0.25) is 0 Å². The molecule has 0 aliphatic carbocycles. The summed E-state index contributed by atoms with van der Waals surface area (Å²) < 4.78 is 45.1. The summed E-state index contributed by atoms with van der Waals surface area (Å²) in [6.07, 6.45) is -4.66. The van der Waals surface area contributed by atoms with Crippen molar-refractivity contribution in [2.45, 2.75) is 25.2 Å². The third-order valence-electron chi connectivity index (χ3n) is 3.50. The number of carbonyl (C=O) groups is 1. The van der Waals surface area contributed by atoms with Crippen molar-refractivity contribution in [3.8, 4) is 0 Å². The minimum atomic E-state index is -5.27. The van der Waals surface area contributed by atoms with Crippen molar-refractivity contribution in [1.29, 1.82) is 0 Å². The van der Waals surface area contributed by atoms with Gasteiger partial charge in [-0.2, -0.15) is 13.2 Å². The van der Waals surface area contributed by atoms with Gasteiger partial charge in [0.15, 0.2) is 5.82 Å². The summed E-state index contributed by atoms with van der Waals surface area (Å²) in [7, 11) is 0. The molecule has 0 aromatic rings. The molecule has 8 nitrogen and oxygen atoms in total. The van der Waals surface area contributed by atoms with E-state index in [1.165, 1.54) is 6.92 Å². The maximum absolute atomic E-state index is 13.5. The Morgan fingerprint density at radius 1 is 1.61 bits per heavy atom. The molecule has 0 bridgehead atoms. The maximum Gasteiger partial charge on any atom is 0.441 e. The van der Waals surface area contributed by atoms with Crippen molar-refractivity contribution in [3.05, 3.63) is 33.3 Å². The van der Waals surface area contributed by atoms with Gasteiger partial charge in [-0.15, -0.1) is 0 Å². The number of fused-ring (bicyclic) bond motifs is 1. The Balaban J connectivity index is 2.68. The summed E-state index contributed by atoms with van der Waals surface area (Å²) in [5.41, 5.74) is -5.66. The lowest BCUT2D eigenvalue weighted by atomic mass is 9.94. The molecule has 0 radical (unpaired) electrons. The number of hydrogen-bond acceptors (Lipinski definition) is 7. The van der Waals surface area contributed by atoms with Crippen LogP contribution in [0.4, 0.5) is 13.2 Å². The summed E-state index contributed by atoms with van der Waals surface area (Å²) in [5, 5.41) is 23.9. The predicted molar refractivity (Wildman–Crippen MR) is 69.1 cm³/mol. The SMILES string of the molecule is CCOC(=O)C1=CC([N+](=O)[O-])=C2NCCCN2C1(O)C(F)(F)F. The molecule has 0 aromatic heterocycles. The number of halogens is 3. The van der Waals surface area contributed by atoms with Crippen molar-refractivity contribution in [2.24, 2.45) is 0 Å². The van der Waals surface area contributed by atoms with Crippen LogP contribution in [0.25, 0.3) is 0 Å². The lowest BCUT2D eigenvalue weighted by molar-refractivity contribution is -0.424. The van der Waals surface area contributed by atoms with E-state index < -0.39 is 39.9 Å². The van der Waals surface area contributed by atoms with E-state index in [1.54, 1.807) is 0 Å². The zero-order chi connectivity index (χ0) is 17.4. The molecule has 2 aliphatic rings.